The Balaban J connectivity index is 1.96. The van der Waals surface area contributed by atoms with Crippen LogP contribution in [0.25, 0.3) is 11.3 Å². The van der Waals surface area contributed by atoms with Gasteiger partial charge in [-0.2, -0.15) is 0 Å². The van der Waals surface area contributed by atoms with Gasteiger partial charge < -0.3 is 5.73 Å². The SMILES string of the molecule is CCc1sc(C2(N)CCC(C)CC2)nc1-c1ccccc1. The summed E-state index contributed by atoms with van der Waals surface area (Å²) in [4.78, 5) is 6.33. The minimum atomic E-state index is -0.200. The third-order valence-electron chi connectivity index (χ3n) is 4.66. The Kier molecular flexibility index (Phi) is 4.14. The van der Waals surface area contributed by atoms with Crippen LogP contribution in [0.15, 0.2) is 30.3 Å². The molecule has 1 aromatic carbocycles. The molecule has 2 nitrogen and oxygen atoms in total. The van der Waals surface area contributed by atoms with Crippen LogP contribution in [0.2, 0.25) is 0 Å². The first-order valence-corrected chi connectivity index (χ1v) is 8.78. The van der Waals surface area contributed by atoms with E-state index in [0.717, 1.165) is 35.9 Å². The van der Waals surface area contributed by atoms with E-state index in [2.05, 4.69) is 44.2 Å². The topological polar surface area (TPSA) is 38.9 Å². The minimum Gasteiger partial charge on any atom is -0.319 e. The van der Waals surface area contributed by atoms with Gasteiger partial charge in [0, 0.05) is 10.4 Å². The summed E-state index contributed by atoms with van der Waals surface area (Å²) in [6.07, 6.45) is 5.60. The lowest BCUT2D eigenvalue weighted by Crippen LogP contribution is -2.40. The molecule has 21 heavy (non-hydrogen) atoms. The predicted octanol–water partition coefficient (Wildman–Crippen LogP) is 4.74. The Hall–Kier alpha value is -1.19. The molecule has 0 amide bonds. The van der Waals surface area contributed by atoms with Gasteiger partial charge in [0.15, 0.2) is 0 Å². The summed E-state index contributed by atoms with van der Waals surface area (Å²) < 4.78 is 0. The lowest BCUT2D eigenvalue weighted by molar-refractivity contribution is 0.247. The van der Waals surface area contributed by atoms with Crippen molar-refractivity contribution in [1.29, 1.82) is 0 Å². The Bertz CT molecular complexity index is 595. The summed E-state index contributed by atoms with van der Waals surface area (Å²) in [6, 6.07) is 10.5. The molecule has 3 rings (SSSR count). The van der Waals surface area contributed by atoms with E-state index in [1.54, 1.807) is 0 Å². The molecule has 0 aliphatic heterocycles. The van der Waals surface area contributed by atoms with Gasteiger partial charge in [-0.3, -0.25) is 0 Å². The van der Waals surface area contributed by atoms with E-state index in [4.69, 9.17) is 10.7 Å². The number of hydrogen-bond donors (Lipinski definition) is 1. The van der Waals surface area contributed by atoms with Crippen molar-refractivity contribution in [3.05, 3.63) is 40.2 Å². The van der Waals surface area contributed by atoms with E-state index in [9.17, 15) is 0 Å². The molecule has 0 unspecified atom stereocenters. The molecule has 0 spiro atoms. The van der Waals surface area contributed by atoms with Gasteiger partial charge in [0.1, 0.15) is 5.01 Å². The normalized spacial score (nSPS) is 26.0. The summed E-state index contributed by atoms with van der Waals surface area (Å²) in [6.45, 7) is 4.53. The van der Waals surface area contributed by atoms with Crippen molar-refractivity contribution in [2.75, 3.05) is 0 Å². The zero-order valence-corrected chi connectivity index (χ0v) is 13.7. The highest BCUT2D eigenvalue weighted by Gasteiger charge is 2.35. The summed E-state index contributed by atoms with van der Waals surface area (Å²) in [5.41, 5.74) is 8.86. The van der Waals surface area contributed by atoms with E-state index in [1.807, 2.05) is 11.3 Å². The van der Waals surface area contributed by atoms with Gasteiger partial charge in [-0.05, 0) is 38.0 Å². The van der Waals surface area contributed by atoms with Crippen molar-refractivity contribution in [2.45, 2.75) is 51.5 Å². The summed E-state index contributed by atoms with van der Waals surface area (Å²) in [7, 11) is 0. The molecule has 3 heteroatoms. The van der Waals surface area contributed by atoms with Gasteiger partial charge in [-0.25, -0.2) is 4.98 Å². The molecule has 0 saturated heterocycles. The van der Waals surface area contributed by atoms with Gasteiger partial charge in [-0.15, -0.1) is 11.3 Å². The molecular weight excluding hydrogens is 276 g/mol. The van der Waals surface area contributed by atoms with E-state index in [0.29, 0.717) is 0 Å². The highest BCUT2D eigenvalue weighted by atomic mass is 32.1. The second kappa shape index (κ2) is 5.90. The summed E-state index contributed by atoms with van der Waals surface area (Å²) in [5, 5.41) is 1.14. The van der Waals surface area contributed by atoms with Crippen LogP contribution in [-0.2, 0) is 12.0 Å². The molecule has 0 bridgehead atoms. The van der Waals surface area contributed by atoms with E-state index in [1.165, 1.54) is 23.3 Å². The Morgan fingerprint density at radius 1 is 1.24 bits per heavy atom. The largest absolute Gasteiger partial charge is 0.319 e. The predicted molar refractivity (Wildman–Crippen MR) is 90.4 cm³/mol. The lowest BCUT2D eigenvalue weighted by Gasteiger charge is -2.34. The fraction of sp³-hybridized carbons (Fsp3) is 0.500. The zero-order chi connectivity index (χ0) is 14.9. The van der Waals surface area contributed by atoms with Crippen molar-refractivity contribution in [3.63, 3.8) is 0 Å². The number of aryl methyl sites for hydroxylation is 1. The standard InChI is InChI=1S/C18H24N2S/c1-3-15-16(14-7-5-4-6-8-14)20-17(21-15)18(19)11-9-13(2)10-12-18/h4-8,13H,3,9-12,19H2,1-2H3. The smallest absolute Gasteiger partial charge is 0.113 e. The maximum absolute atomic E-state index is 6.71. The highest BCUT2D eigenvalue weighted by molar-refractivity contribution is 7.12. The van der Waals surface area contributed by atoms with E-state index in [-0.39, 0.29) is 5.54 Å². The number of thiazole rings is 1. The monoisotopic (exact) mass is 300 g/mol. The molecule has 1 aliphatic carbocycles. The fourth-order valence-electron chi connectivity index (χ4n) is 3.12. The number of rotatable bonds is 3. The Labute approximate surface area is 131 Å². The Morgan fingerprint density at radius 3 is 2.52 bits per heavy atom. The van der Waals surface area contributed by atoms with Crippen LogP contribution in [0, 0.1) is 5.92 Å². The maximum atomic E-state index is 6.71. The average Bonchev–Trinajstić information content (AvgIpc) is 2.96. The van der Waals surface area contributed by atoms with Crippen LogP contribution in [-0.4, -0.2) is 4.98 Å². The quantitative estimate of drug-likeness (QED) is 0.889. The molecular formula is C18H24N2S. The number of nitrogens with two attached hydrogens (primary N) is 1. The lowest BCUT2D eigenvalue weighted by atomic mass is 9.78. The van der Waals surface area contributed by atoms with Gasteiger partial charge in [0.25, 0.3) is 0 Å². The van der Waals surface area contributed by atoms with Crippen molar-refractivity contribution in [3.8, 4) is 11.3 Å². The van der Waals surface area contributed by atoms with E-state index >= 15 is 0 Å². The van der Waals surface area contributed by atoms with Crippen molar-refractivity contribution in [1.82, 2.24) is 4.98 Å². The first-order chi connectivity index (χ1) is 10.1. The molecule has 1 aromatic heterocycles. The minimum absolute atomic E-state index is 0.200. The third kappa shape index (κ3) is 2.90. The number of benzene rings is 1. The molecule has 2 N–H and O–H groups in total. The second-order valence-corrected chi connectivity index (χ2v) is 7.43. The third-order valence-corrected chi connectivity index (χ3v) is 6.08. The molecule has 1 fully saturated rings. The fourth-order valence-corrected chi connectivity index (χ4v) is 4.30. The van der Waals surface area contributed by atoms with Gasteiger partial charge in [-0.1, -0.05) is 44.2 Å². The summed E-state index contributed by atoms with van der Waals surface area (Å²) >= 11 is 1.82. The molecule has 0 radical (unpaired) electrons. The van der Waals surface area contributed by atoms with Crippen LogP contribution in [0.1, 0.15) is 49.4 Å². The van der Waals surface area contributed by atoms with Gasteiger partial charge in [0.05, 0.1) is 11.2 Å². The number of nitrogens with zero attached hydrogens (tertiary/aromatic N) is 1. The van der Waals surface area contributed by atoms with Crippen LogP contribution in [0.3, 0.4) is 0 Å². The number of hydrogen-bond acceptors (Lipinski definition) is 3. The first-order valence-electron chi connectivity index (χ1n) is 7.97. The van der Waals surface area contributed by atoms with Crippen molar-refractivity contribution < 1.29 is 0 Å². The highest BCUT2D eigenvalue weighted by Crippen LogP contribution is 2.41. The van der Waals surface area contributed by atoms with Crippen LogP contribution < -0.4 is 5.73 Å². The molecule has 112 valence electrons. The average molecular weight is 300 g/mol. The van der Waals surface area contributed by atoms with Crippen LogP contribution >= 0.6 is 11.3 Å². The molecule has 1 aliphatic rings. The molecule has 0 atom stereocenters. The number of aromatic nitrogens is 1. The van der Waals surface area contributed by atoms with Crippen LogP contribution in [0.4, 0.5) is 0 Å². The van der Waals surface area contributed by atoms with Crippen LogP contribution in [0.5, 0.6) is 0 Å². The Morgan fingerprint density at radius 2 is 1.90 bits per heavy atom. The maximum Gasteiger partial charge on any atom is 0.113 e. The molecule has 2 aromatic rings. The van der Waals surface area contributed by atoms with Gasteiger partial charge >= 0.3 is 0 Å². The zero-order valence-electron chi connectivity index (χ0n) is 12.9. The summed E-state index contributed by atoms with van der Waals surface area (Å²) in [5.74, 6) is 0.806. The van der Waals surface area contributed by atoms with E-state index < -0.39 is 0 Å². The second-order valence-electron chi connectivity index (χ2n) is 6.35. The van der Waals surface area contributed by atoms with Crippen molar-refractivity contribution >= 4 is 11.3 Å². The first kappa shape index (κ1) is 14.7. The molecule has 1 heterocycles. The molecule has 1 saturated carbocycles. The van der Waals surface area contributed by atoms with Crippen molar-refractivity contribution in [2.24, 2.45) is 11.7 Å². The van der Waals surface area contributed by atoms with Gasteiger partial charge in [0.2, 0.25) is 0 Å².